The third-order valence-electron chi connectivity index (χ3n) is 2.73. The Kier molecular flexibility index (Phi) is 5.20. The van der Waals surface area contributed by atoms with Crippen LogP contribution in [-0.4, -0.2) is 11.5 Å². The smallest absolute Gasteiger partial charge is 0.147 e. The van der Waals surface area contributed by atoms with Crippen molar-refractivity contribution in [1.29, 1.82) is 0 Å². The lowest BCUT2D eigenvalue weighted by atomic mass is 10.2. The molecule has 0 aliphatic heterocycles. The van der Waals surface area contributed by atoms with Gasteiger partial charge in [-0.25, -0.2) is 13.8 Å². The second kappa shape index (κ2) is 6.91. The van der Waals surface area contributed by atoms with Gasteiger partial charge in [0.2, 0.25) is 0 Å². The van der Waals surface area contributed by atoms with Crippen LogP contribution in [-0.2, 0) is 6.54 Å². The highest BCUT2D eigenvalue weighted by Gasteiger charge is 2.10. The molecule has 1 aromatic heterocycles. The summed E-state index contributed by atoms with van der Waals surface area (Å²) in [5.41, 5.74) is 0.188. The molecule has 7 heteroatoms. The zero-order valence-electron chi connectivity index (χ0n) is 11.2. The molecule has 1 heterocycles. The normalized spacial score (nSPS) is 10.5. The maximum Gasteiger partial charge on any atom is 0.147 e. The van der Waals surface area contributed by atoms with Gasteiger partial charge in [0.05, 0.1) is 10.0 Å². The Hall–Kier alpha value is -1.59. The summed E-state index contributed by atoms with van der Waals surface area (Å²) >= 11 is 12.0. The maximum absolute atomic E-state index is 13.5. The summed E-state index contributed by atoms with van der Waals surface area (Å²) in [7, 11) is 0. The van der Waals surface area contributed by atoms with Crippen LogP contribution in [0.5, 0.6) is 0 Å². The highest BCUT2D eigenvalue weighted by Crippen LogP contribution is 2.29. The van der Waals surface area contributed by atoms with Gasteiger partial charge >= 0.3 is 0 Å². The minimum Gasteiger partial charge on any atom is -0.369 e. The molecule has 0 amide bonds. The van der Waals surface area contributed by atoms with Crippen molar-refractivity contribution in [3.63, 3.8) is 0 Å². The molecule has 0 fully saturated rings. The summed E-state index contributed by atoms with van der Waals surface area (Å²) in [6.07, 6.45) is 0. The van der Waals surface area contributed by atoms with Gasteiger partial charge in [0.25, 0.3) is 0 Å². The third kappa shape index (κ3) is 3.95. The van der Waals surface area contributed by atoms with Crippen molar-refractivity contribution in [2.45, 2.75) is 13.5 Å². The predicted octanol–water partition coefficient (Wildman–Crippen LogP) is 4.71. The lowest BCUT2D eigenvalue weighted by Crippen LogP contribution is -2.07. The number of hydrogen-bond donors (Lipinski definition) is 2. The second-order valence-corrected chi connectivity index (χ2v) is 5.08. The van der Waals surface area contributed by atoms with Crippen LogP contribution in [0, 0.1) is 11.6 Å². The molecule has 0 unspecified atom stereocenters. The van der Waals surface area contributed by atoms with Gasteiger partial charge < -0.3 is 10.6 Å². The standard InChI is InChI=1S/C14H13Cl2F2N3/c1-2-19-13-10(15)6-11(16)14(21-13)20-7-8-5-9(17)3-4-12(8)18/h3-6H,2,7H2,1H3,(H2,19,20,21). The van der Waals surface area contributed by atoms with E-state index in [2.05, 4.69) is 15.6 Å². The summed E-state index contributed by atoms with van der Waals surface area (Å²) in [5.74, 6) is -0.177. The van der Waals surface area contributed by atoms with Gasteiger partial charge in [-0.15, -0.1) is 0 Å². The first-order chi connectivity index (χ1) is 10.0. The number of pyridine rings is 1. The van der Waals surface area contributed by atoms with Crippen molar-refractivity contribution < 1.29 is 8.78 Å². The van der Waals surface area contributed by atoms with Crippen LogP contribution in [0.3, 0.4) is 0 Å². The van der Waals surface area contributed by atoms with Crippen LogP contribution in [0.1, 0.15) is 12.5 Å². The van der Waals surface area contributed by atoms with Crippen molar-refractivity contribution in [3.05, 3.63) is 51.5 Å². The highest BCUT2D eigenvalue weighted by atomic mass is 35.5. The molecule has 2 N–H and O–H groups in total. The highest BCUT2D eigenvalue weighted by molar-refractivity contribution is 6.37. The predicted molar refractivity (Wildman–Crippen MR) is 82.1 cm³/mol. The van der Waals surface area contributed by atoms with Crippen LogP contribution in [0.2, 0.25) is 10.0 Å². The number of nitrogens with zero attached hydrogens (tertiary/aromatic N) is 1. The van der Waals surface area contributed by atoms with E-state index in [1.165, 1.54) is 0 Å². The first-order valence-electron chi connectivity index (χ1n) is 6.29. The van der Waals surface area contributed by atoms with E-state index in [9.17, 15) is 8.78 Å². The quantitative estimate of drug-likeness (QED) is 0.833. The molecule has 112 valence electrons. The minimum absolute atomic E-state index is 0.0590. The van der Waals surface area contributed by atoms with E-state index in [1.54, 1.807) is 6.07 Å². The number of hydrogen-bond acceptors (Lipinski definition) is 3. The minimum atomic E-state index is -0.503. The Balaban J connectivity index is 2.19. The molecule has 2 aromatic rings. The average Bonchev–Trinajstić information content (AvgIpc) is 2.44. The lowest BCUT2D eigenvalue weighted by molar-refractivity contribution is 0.587. The number of aromatic nitrogens is 1. The summed E-state index contributed by atoms with van der Waals surface area (Å²) in [6.45, 7) is 2.61. The van der Waals surface area contributed by atoms with E-state index in [0.29, 0.717) is 28.2 Å². The van der Waals surface area contributed by atoms with Gasteiger partial charge in [-0.3, -0.25) is 0 Å². The molecule has 2 rings (SSSR count). The van der Waals surface area contributed by atoms with E-state index in [0.717, 1.165) is 18.2 Å². The molecule has 0 aliphatic carbocycles. The molecule has 0 radical (unpaired) electrons. The van der Waals surface area contributed by atoms with Gasteiger partial charge in [-0.1, -0.05) is 23.2 Å². The van der Waals surface area contributed by atoms with Gasteiger partial charge in [-0.05, 0) is 31.2 Å². The van der Waals surface area contributed by atoms with Crippen molar-refractivity contribution >= 4 is 34.8 Å². The van der Waals surface area contributed by atoms with Crippen LogP contribution >= 0.6 is 23.2 Å². The molecule has 0 saturated heterocycles. The molecule has 0 bridgehead atoms. The summed E-state index contributed by atoms with van der Waals surface area (Å²) < 4.78 is 26.6. The Morgan fingerprint density at radius 1 is 1.05 bits per heavy atom. The van der Waals surface area contributed by atoms with Crippen molar-refractivity contribution in [2.24, 2.45) is 0 Å². The molecule has 0 spiro atoms. The van der Waals surface area contributed by atoms with Crippen LogP contribution in [0.15, 0.2) is 24.3 Å². The molecule has 3 nitrogen and oxygen atoms in total. The molecule has 1 aromatic carbocycles. The van der Waals surface area contributed by atoms with Gasteiger partial charge in [0.1, 0.15) is 23.3 Å². The zero-order chi connectivity index (χ0) is 15.4. The zero-order valence-corrected chi connectivity index (χ0v) is 12.7. The Bertz CT molecular complexity index is 650. The number of benzene rings is 1. The summed E-state index contributed by atoms with van der Waals surface area (Å²) in [6, 6.07) is 4.80. The Morgan fingerprint density at radius 3 is 2.38 bits per heavy atom. The third-order valence-corrected chi connectivity index (χ3v) is 3.30. The van der Waals surface area contributed by atoms with Gasteiger partial charge in [0, 0.05) is 18.7 Å². The van der Waals surface area contributed by atoms with Crippen LogP contribution in [0.4, 0.5) is 20.4 Å². The Labute approximate surface area is 131 Å². The van der Waals surface area contributed by atoms with Gasteiger partial charge in [0.15, 0.2) is 0 Å². The fourth-order valence-electron chi connectivity index (χ4n) is 1.74. The lowest BCUT2D eigenvalue weighted by Gasteiger charge is -2.12. The fraction of sp³-hybridized carbons (Fsp3) is 0.214. The molecular formula is C14H13Cl2F2N3. The monoisotopic (exact) mass is 331 g/mol. The topological polar surface area (TPSA) is 37.0 Å². The largest absolute Gasteiger partial charge is 0.369 e. The van der Waals surface area contributed by atoms with Crippen LogP contribution in [0.25, 0.3) is 0 Å². The van der Waals surface area contributed by atoms with E-state index in [-0.39, 0.29) is 12.1 Å². The number of anilines is 2. The van der Waals surface area contributed by atoms with Gasteiger partial charge in [-0.2, -0.15) is 0 Å². The number of nitrogens with one attached hydrogen (secondary N) is 2. The number of rotatable bonds is 5. The van der Waals surface area contributed by atoms with E-state index in [4.69, 9.17) is 23.2 Å². The molecule has 0 saturated carbocycles. The SMILES string of the molecule is CCNc1nc(NCc2cc(F)ccc2F)c(Cl)cc1Cl. The first-order valence-corrected chi connectivity index (χ1v) is 7.04. The average molecular weight is 332 g/mol. The van der Waals surface area contributed by atoms with E-state index in [1.807, 2.05) is 6.92 Å². The van der Waals surface area contributed by atoms with Crippen molar-refractivity contribution in [1.82, 2.24) is 4.98 Å². The summed E-state index contributed by atoms with van der Waals surface area (Å²) in [5, 5.41) is 6.56. The maximum atomic E-state index is 13.5. The Morgan fingerprint density at radius 2 is 1.71 bits per heavy atom. The van der Waals surface area contributed by atoms with E-state index >= 15 is 0 Å². The van der Waals surface area contributed by atoms with Crippen molar-refractivity contribution in [3.8, 4) is 0 Å². The number of halogens is 4. The molecule has 21 heavy (non-hydrogen) atoms. The molecule has 0 atom stereocenters. The first kappa shape index (κ1) is 15.8. The fourth-order valence-corrected chi connectivity index (χ4v) is 2.23. The van der Waals surface area contributed by atoms with Crippen LogP contribution < -0.4 is 10.6 Å². The van der Waals surface area contributed by atoms with Crippen molar-refractivity contribution in [2.75, 3.05) is 17.2 Å². The summed E-state index contributed by atoms with van der Waals surface area (Å²) in [4.78, 5) is 4.23. The van der Waals surface area contributed by atoms with E-state index < -0.39 is 11.6 Å². The second-order valence-electron chi connectivity index (χ2n) is 4.27. The molecule has 0 aliphatic rings. The molecular weight excluding hydrogens is 319 g/mol.